The van der Waals surface area contributed by atoms with Gasteiger partial charge >= 0.3 is 0 Å². The van der Waals surface area contributed by atoms with Gasteiger partial charge in [0, 0.05) is 23.7 Å². The Hall–Kier alpha value is -0.0800. The Bertz CT molecular complexity index is 228. The highest BCUT2D eigenvalue weighted by Crippen LogP contribution is 2.31. The van der Waals surface area contributed by atoms with Gasteiger partial charge < -0.3 is 5.32 Å². The van der Waals surface area contributed by atoms with Crippen LogP contribution in [0.5, 0.6) is 0 Å². The molecule has 0 bridgehead atoms. The van der Waals surface area contributed by atoms with Gasteiger partial charge in [0.05, 0.1) is 0 Å². The average Bonchev–Trinajstić information content (AvgIpc) is 2.51. The summed E-state index contributed by atoms with van der Waals surface area (Å²) in [6.45, 7) is 16.3. The molecule has 2 nitrogen and oxygen atoms in total. The van der Waals surface area contributed by atoms with Gasteiger partial charge in [0.15, 0.2) is 0 Å². The van der Waals surface area contributed by atoms with E-state index in [0.29, 0.717) is 11.6 Å². The first-order valence-corrected chi connectivity index (χ1v) is 7.28. The average molecular weight is 240 g/mol. The summed E-state index contributed by atoms with van der Waals surface area (Å²) in [5.74, 6) is 0. The van der Waals surface area contributed by atoms with Crippen LogP contribution in [-0.4, -0.2) is 35.1 Å². The molecule has 2 heteroatoms. The monoisotopic (exact) mass is 240 g/mol. The first-order chi connectivity index (χ1) is 7.76. The highest BCUT2D eigenvalue weighted by molar-refractivity contribution is 4.93. The fourth-order valence-corrected chi connectivity index (χ4v) is 2.93. The fraction of sp³-hybridized carbons (Fsp3) is 1.00. The van der Waals surface area contributed by atoms with Crippen LogP contribution in [0.2, 0.25) is 0 Å². The molecular formula is C15H32N2. The second-order valence-corrected chi connectivity index (χ2v) is 7.18. The molecule has 102 valence electrons. The van der Waals surface area contributed by atoms with Gasteiger partial charge in [0.1, 0.15) is 0 Å². The summed E-state index contributed by atoms with van der Waals surface area (Å²) in [4.78, 5) is 2.73. The third kappa shape index (κ3) is 4.59. The van der Waals surface area contributed by atoms with Gasteiger partial charge in [-0.15, -0.1) is 0 Å². The molecule has 0 amide bonds. The van der Waals surface area contributed by atoms with Gasteiger partial charge in [-0.1, -0.05) is 13.3 Å². The lowest BCUT2D eigenvalue weighted by Gasteiger charge is -2.40. The van der Waals surface area contributed by atoms with Crippen molar-refractivity contribution >= 4 is 0 Å². The molecule has 0 aromatic heterocycles. The summed E-state index contributed by atoms with van der Waals surface area (Å²) in [5.41, 5.74) is 0.634. The second kappa shape index (κ2) is 5.71. The molecule has 1 N–H and O–H groups in total. The normalized spacial score (nSPS) is 22.9. The van der Waals surface area contributed by atoms with Crippen molar-refractivity contribution in [1.82, 2.24) is 10.2 Å². The van der Waals surface area contributed by atoms with E-state index in [4.69, 9.17) is 0 Å². The van der Waals surface area contributed by atoms with E-state index >= 15 is 0 Å². The lowest BCUT2D eigenvalue weighted by Crippen LogP contribution is -2.52. The molecule has 0 aromatic rings. The Labute approximate surface area is 108 Å². The summed E-state index contributed by atoms with van der Waals surface area (Å²) in [5, 5.41) is 3.68. The van der Waals surface area contributed by atoms with Crippen LogP contribution in [0.15, 0.2) is 0 Å². The van der Waals surface area contributed by atoms with Crippen molar-refractivity contribution in [3.63, 3.8) is 0 Å². The zero-order valence-electron chi connectivity index (χ0n) is 12.8. The Morgan fingerprint density at radius 3 is 2.35 bits per heavy atom. The molecule has 0 saturated carbocycles. The number of hydrogen-bond donors (Lipinski definition) is 1. The zero-order chi connectivity index (χ0) is 13.1. The Morgan fingerprint density at radius 2 is 1.94 bits per heavy atom. The molecular weight excluding hydrogens is 208 g/mol. The van der Waals surface area contributed by atoms with Gasteiger partial charge in [-0.05, 0) is 60.4 Å². The molecule has 1 heterocycles. The SMILES string of the molecule is CCCC(CNC(C)(C)C)N1CCCC1(C)C. The first kappa shape index (κ1) is 15.0. The van der Waals surface area contributed by atoms with E-state index in [-0.39, 0.29) is 5.54 Å². The van der Waals surface area contributed by atoms with Crippen LogP contribution in [0.25, 0.3) is 0 Å². The van der Waals surface area contributed by atoms with E-state index in [1.54, 1.807) is 0 Å². The summed E-state index contributed by atoms with van der Waals surface area (Å²) in [6.07, 6.45) is 5.31. The first-order valence-electron chi connectivity index (χ1n) is 7.28. The van der Waals surface area contributed by atoms with Gasteiger partial charge in [-0.25, -0.2) is 0 Å². The predicted octanol–water partition coefficient (Wildman–Crippen LogP) is 3.42. The Morgan fingerprint density at radius 1 is 1.29 bits per heavy atom. The van der Waals surface area contributed by atoms with Crippen molar-refractivity contribution in [3.8, 4) is 0 Å². The molecule has 1 saturated heterocycles. The van der Waals surface area contributed by atoms with E-state index < -0.39 is 0 Å². The Kier molecular flexibility index (Phi) is 5.03. The minimum Gasteiger partial charge on any atom is -0.311 e. The third-order valence-electron chi connectivity index (χ3n) is 3.90. The molecule has 1 fully saturated rings. The molecule has 17 heavy (non-hydrogen) atoms. The number of rotatable bonds is 5. The van der Waals surface area contributed by atoms with Crippen molar-refractivity contribution < 1.29 is 0 Å². The van der Waals surface area contributed by atoms with Crippen LogP contribution >= 0.6 is 0 Å². The Balaban J connectivity index is 2.59. The molecule has 1 atom stereocenters. The van der Waals surface area contributed by atoms with Crippen molar-refractivity contribution in [1.29, 1.82) is 0 Å². The second-order valence-electron chi connectivity index (χ2n) is 7.18. The standard InChI is InChI=1S/C15H32N2/c1-7-9-13(12-16-14(2,3)4)17-11-8-10-15(17,5)6/h13,16H,7-12H2,1-6H3. The molecule has 1 unspecified atom stereocenters. The molecule has 1 aliphatic rings. The molecule has 0 aliphatic carbocycles. The molecule has 0 aromatic carbocycles. The van der Waals surface area contributed by atoms with E-state index in [0.717, 1.165) is 6.54 Å². The fourth-order valence-electron chi connectivity index (χ4n) is 2.93. The molecule has 1 rings (SSSR count). The van der Waals surface area contributed by atoms with Gasteiger partial charge in [0.2, 0.25) is 0 Å². The summed E-state index contributed by atoms with van der Waals surface area (Å²) >= 11 is 0. The van der Waals surface area contributed by atoms with Crippen molar-refractivity contribution in [2.75, 3.05) is 13.1 Å². The van der Waals surface area contributed by atoms with Crippen LogP contribution in [-0.2, 0) is 0 Å². The highest BCUT2D eigenvalue weighted by Gasteiger charge is 2.36. The number of nitrogens with zero attached hydrogens (tertiary/aromatic N) is 1. The zero-order valence-corrected chi connectivity index (χ0v) is 12.8. The van der Waals surface area contributed by atoms with Crippen molar-refractivity contribution in [2.45, 2.75) is 84.3 Å². The quantitative estimate of drug-likeness (QED) is 0.792. The van der Waals surface area contributed by atoms with Gasteiger partial charge in [-0.3, -0.25) is 4.90 Å². The van der Waals surface area contributed by atoms with Crippen LogP contribution in [0.4, 0.5) is 0 Å². The van der Waals surface area contributed by atoms with E-state index in [1.165, 1.54) is 32.2 Å². The maximum absolute atomic E-state index is 3.68. The minimum absolute atomic E-state index is 0.232. The number of nitrogens with one attached hydrogen (secondary N) is 1. The van der Waals surface area contributed by atoms with E-state index in [1.807, 2.05) is 0 Å². The lowest BCUT2D eigenvalue weighted by molar-refractivity contribution is 0.102. The van der Waals surface area contributed by atoms with E-state index in [9.17, 15) is 0 Å². The van der Waals surface area contributed by atoms with Crippen LogP contribution < -0.4 is 5.32 Å². The van der Waals surface area contributed by atoms with Gasteiger partial charge in [0.25, 0.3) is 0 Å². The third-order valence-corrected chi connectivity index (χ3v) is 3.90. The lowest BCUT2D eigenvalue weighted by atomic mass is 9.98. The summed E-state index contributed by atoms with van der Waals surface area (Å²) in [7, 11) is 0. The van der Waals surface area contributed by atoms with Crippen molar-refractivity contribution in [2.24, 2.45) is 0 Å². The maximum atomic E-state index is 3.68. The molecule has 0 radical (unpaired) electrons. The van der Waals surface area contributed by atoms with Crippen LogP contribution in [0, 0.1) is 0 Å². The summed E-state index contributed by atoms with van der Waals surface area (Å²) < 4.78 is 0. The largest absolute Gasteiger partial charge is 0.311 e. The summed E-state index contributed by atoms with van der Waals surface area (Å²) in [6, 6.07) is 0.705. The predicted molar refractivity (Wildman–Crippen MR) is 76.5 cm³/mol. The molecule has 1 aliphatic heterocycles. The topological polar surface area (TPSA) is 15.3 Å². The maximum Gasteiger partial charge on any atom is 0.0226 e. The smallest absolute Gasteiger partial charge is 0.0226 e. The number of hydrogen-bond acceptors (Lipinski definition) is 2. The van der Waals surface area contributed by atoms with Gasteiger partial charge in [-0.2, -0.15) is 0 Å². The molecule has 0 spiro atoms. The minimum atomic E-state index is 0.232. The van der Waals surface area contributed by atoms with Crippen LogP contribution in [0.1, 0.15) is 67.2 Å². The number of likely N-dealkylation sites (tertiary alicyclic amines) is 1. The van der Waals surface area contributed by atoms with Crippen LogP contribution in [0.3, 0.4) is 0 Å². The van der Waals surface area contributed by atoms with E-state index in [2.05, 4.69) is 51.8 Å². The van der Waals surface area contributed by atoms with Crippen molar-refractivity contribution in [3.05, 3.63) is 0 Å². The highest BCUT2D eigenvalue weighted by atomic mass is 15.3.